The molecule has 0 N–H and O–H groups in total. The van der Waals surface area contributed by atoms with Gasteiger partial charge < -0.3 is 9.26 Å². The van der Waals surface area contributed by atoms with Crippen LogP contribution in [0.4, 0.5) is 13.2 Å². The van der Waals surface area contributed by atoms with Crippen molar-refractivity contribution in [1.82, 2.24) is 5.16 Å². The van der Waals surface area contributed by atoms with Crippen LogP contribution in [0.1, 0.15) is 23.0 Å². The van der Waals surface area contributed by atoms with E-state index < -0.39 is 23.5 Å². The van der Waals surface area contributed by atoms with Crippen LogP contribution in [0.5, 0.6) is 0 Å². The second kappa shape index (κ2) is 3.69. The highest BCUT2D eigenvalue weighted by Gasteiger charge is 2.41. The summed E-state index contributed by atoms with van der Waals surface area (Å²) < 4.78 is 44.7. The number of aromatic nitrogens is 1. The molecule has 0 aliphatic heterocycles. The van der Waals surface area contributed by atoms with Gasteiger partial charge in [0.15, 0.2) is 0 Å². The van der Waals surface area contributed by atoms with E-state index in [2.05, 4.69) is 14.4 Å². The lowest BCUT2D eigenvalue weighted by molar-refractivity contribution is -0.156. The van der Waals surface area contributed by atoms with Crippen molar-refractivity contribution in [3.8, 4) is 0 Å². The average molecular weight is 209 g/mol. The van der Waals surface area contributed by atoms with Crippen LogP contribution in [0.15, 0.2) is 10.7 Å². The number of carbonyl (C=O) groups excluding carboxylic acids is 1. The predicted molar refractivity (Wildman–Crippen MR) is 37.5 cm³/mol. The van der Waals surface area contributed by atoms with Crippen LogP contribution >= 0.6 is 0 Å². The van der Waals surface area contributed by atoms with Gasteiger partial charge in [0.25, 0.3) is 5.76 Å². The van der Waals surface area contributed by atoms with Gasteiger partial charge in [0.05, 0.1) is 12.8 Å². The van der Waals surface area contributed by atoms with Crippen LogP contribution in [0.25, 0.3) is 0 Å². The highest BCUT2D eigenvalue weighted by Crippen LogP contribution is 2.31. The second-order valence-corrected chi connectivity index (χ2v) is 2.29. The van der Waals surface area contributed by atoms with Gasteiger partial charge in [-0.05, 0) is 6.92 Å². The smallest absolute Gasteiger partial charge is 0.453 e. The van der Waals surface area contributed by atoms with Gasteiger partial charge in [0.2, 0.25) is 0 Å². The number of halogens is 3. The van der Waals surface area contributed by atoms with Crippen LogP contribution < -0.4 is 0 Å². The van der Waals surface area contributed by atoms with Crippen molar-refractivity contribution >= 4 is 5.97 Å². The predicted octanol–water partition coefficient (Wildman–Crippen LogP) is 1.87. The van der Waals surface area contributed by atoms with Crippen molar-refractivity contribution in [3.05, 3.63) is 17.5 Å². The first kappa shape index (κ1) is 10.6. The summed E-state index contributed by atoms with van der Waals surface area (Å²) in [5, 5.41) is 2.90. The number of hydrogen-bond acceptors (Lipinski definition) is 4. The minimum Gasteiger partial charge on any atom is -0.462 e. The molecule has 0 saturated heterocycles. The van der Waals surface area contributed by atoms with Crippen molar-refractivity contribution in [2.75, 3.05) is 6.61 Å². The van der Waals surface area contributed by atoms with Crippen molar-refractivity contribution in [3.63, 3.8) is 0 Å². The van der Waals surface area contributed by atoms with Gasteiger partial charge in [-0.15, -0.1) is 0 Å². The average Bonchev–Trinajstić information content (AvgIpc) is 2.50. The molecule has 0 fully saturated rings. The van der Waals surface area contributed by atoms with Crippen LogP contribution in [-0.2, 0) is 10.9 Å². The Labute approximate surface area is 76.6 Å². The molecule has 0 aliphatic rings. The van der Waals surface area contributed by atoms with Gasteiger partial charge in [0.1, 0.15) is 5.56 Å². The molecule has 0 unspecified atom stereocenters. The Kier molecular flexibility index (Phi) is 2.78. The molecular weight excluding hydrogens is 203 g/mol. The highest BCUT2D eigenvalue weighted by molar-refractivity contribution is 5.90. The summed E-state index contributed by atoms with van der Waals surface area (Å²) in [5.74, 6) is -2.53. The molecule has 78 valence electrons. The van der Waals surface area contributed by atoms with Crippen LogP contribution in [0.3, 0.4) is 0 Å². The zero-order valence-electron chi connectivity index (χ0n) is 7.09. The first-order valence-electron chi connectivity index (χ1n) is 3.65. The van der Waals surface area contributed by atoms with E-state index in [1.807, 2.05) is 0 Å². The highest BCUT2D eigenvalue weighted by atomic mass is 19.4. The molecule has 0 saturated carbocycles. The molecular formula is C7H6F3NO3. The number of carbonyl (C=O) groups is 1. The van der Waals surface area contributed by atoms with Crippen LogP contribution in [0, 0.1) is 0 Å². The summed E-state index contributed by atoms with van der Waals surface area (Å²) in [6.45, 7) is 1.47. The molecule has 0 atom stereocenters. The first-order chi connectivity index (χ1) is 6.46. The molecule has 4 nitrogen and oxygen atoms in total. The van der Waals surface area contributed by atoms with E-state index in [0.29, 0.717) is 6.20 Å². The topological polar surface area (TPSA) is 52.3 Å². The molecule has 0 bridgehead atoms. The summed E-state index contributed by atoms with van der Waals surface area (Å²) in [5.41, 5.74) is -0.709. The maximum absolute atomic E-state index is 12.1. The molecule has 1 rings (SSSR count). The summed E-state index contributed by atoms with van der Waals surface area (Å²) in [6, 6.07) is 0. The van der Waals surface area contributed by atoms with Crippen molar-refractivity contribution in [2.45, 2.75) is 13.1 Å². The lowest BCUT2D eigenvalue weighted by Crippen LogP contribution is -2.12. The SMILES string of the molecule is CCOC(=O)c1cnoc1C(F)(F)F. The summed E-state index contributed by atoms with van der Waals surface area (Å²) in [4.78, 5) is 11.0. The molecule has 0 amide bonds. The Balaban J connectivity index is 2.99. The quantitative estimate of drug-likeness (QED) is 0.697. The van der Waals surface area contributed by atoms with E-state index in [1.54, 1.807) is 0 Å². The molecule has 0 radical (unpaired) electrons. The van der Waals surface area contributed by atoms with E-state index in [4.69, 9.17) is 0 Å². The summed E-state index contributed by atoms with van der Waals surface area (Å²) in [7, 11) is 0. The van der Waals surface area contributed by atoms with Gasteiger partial charge in [-0.1, -0.05) is 5.16 Å². The van der Waals surface area contributed by atoms with Crippen molar-refractivity contribution < 1.29 is 27.2 Å². The zero-order chi connectivity index (χ0) is 10.8. The number of hydrogen-bond donors (Lipinski definition) is 0. The van der Waals surface area contributed by atoms with E-state index >= 15 is 0 Å². The lowest BCUT2D eigenvalue weighted by atomic mass is 10.2. The Bertz CT molecular complexity index is 331. The standard InChI is InChI=1S/C7H6F3NO3/c1-2-13-6(12)4-3-11-14-5(4)7(8,9)10/h3H,2H2,1H3. The molecule has 1 aromatic rings. The molecule has 1 heterocycles. The fraction of sp³-hybridized carbons (Fsp3) is 0.429. The summed E-state index contributed by atoms with van der Waals surface area (Å²) >= 11 is 0. The van der Waals surface area contributed by atoms with E-state index in [1.165, 1.54) is 6.92 Å². The van der Waals surface area contributed by atoms with Gasteiger partial charge in [-0.2, -0.15) is 13.2 Å². The van der Waals surface area contributed by atoms with Crippen LogP contribution in [-0.4, -0.2) is 17.7 Å². The van der Waals surface area contributed by atoms with Gasteiger partial charge in [-0.3, -0.25) is 0 Å². The molecule has 1 aromatic heterocycles. The Morgan fingerprint density at radius 1 is 1.64 bits per heavy atom. The van der Waals surface area contributed by atoms with Crippen LogP contribution in [0.2, 0.25) is 0 Å². The monoisotopic (exact) mass is 209 g/mol. The lowest BCUT2D eigenvalue weighted by Gasteiger charge is -2.03. The van der Waals surface area contributed by atoms with E-state index in [9.17, 15) is 18.0 Å². The number of nitrogens with zero attached hydrogens (tertiary/aromatic N) is 1. The maximum Gasteiger partial charge on any atom is 0.453 e. The Morgan fingerprint density at radius 3 is 2.79 bits per heavy atom. The van der Waals surface area contributed by atoms with Gasteiger partial charge in [0, 0.05) is 0 Å². The molecule has 0 spiro atoms. The second-order valence-electron chi connectivity index (χ2n) is 2.29. The Hall–Kier alpha value is -1.53. The zero-order valence-corrected chi connectivity index (χ0v) is 7.09. The maximum atomic E-state index is 12.1. The Morgan fingerprint density at radius 2 is 2.29 bits per heavy atom. The summed E-state index contributed by atoms with van der Waals surface area (Å²) in [6.07, 6.45) is -4.06. The number of esters is 1. The largest absolute Gasteiger partial charge is 0.462 e. The van der Waals surface area contributed by atoms with Gasteiger partial charge in [-0.25, -0.2) is 4.79 Å². The van der Waals surface area contributed by atoms with Crippen molar-refractivity contribution in [1.29, 1.82) is 0 Å². The fourth-order valence-corrected chi connectivity index (χ4v) is 0.798. The fourth-order valence-electron chi connectivity index (χ4n) is 0.798. The number of ether oxygens (including phenoxy) is 1. The number of alkyl halides is 3. The van der Waals surface area contributed by atoms with E-state index in [-0.39, 0.29) is 6.61 Å². The van der Waals surface area contributed by atoms with Crippen molar-refractivity contribution in [2.24, 2.45) is 0 Å². The minimum atomic E-state index is -4.74. The third-order valence-corrected chi connectivity index (χ3v) is 1.32. The minimum absolute atomic E-state index is 0.0126. The molecule has 14 heavy (non-hydrogen) atoms. The third-order valence-electron chi connectivity index (χ3n) is 1.32. The molecule has 0 aromatic carbocycles. The molecule has 7 heteroatoms. The normalized spacial score (nSPS) is 11.4. The third kappa shape index (κ3) is 2.04. The van der Waals surface area contributed by atoms with Gasteiger partial charge >= 0.3 is 12.1 Å². The number of rotatable bonds is 2. The first-order valence-corrected chi connectivity index (χ1v) is 3.65. The van der Waals surface area contributed by atoms with E-state index in [0.717, 1.165) is 0 Å². The molecule has 0 aliphatic carbocycles.